The molecule has 0 aromatic carbocycles. The van der Waals surface area contributed by atoms with Crippen molar-refractivity contribution in [2.75, 3.05) is 0 Å². The molecule has 0 amide bonds. The first-order valence-electron chi connectivity index (χ1n) is 3.59. The Bertz CT molecular complexity index is 196. The lowest BCUT2D eigenvalue weighted by atomic mass is 9.88. The summed E-state index contributed by atoms with van der Waals surface area (Å²) in [6.45, 7) is 0. The van der Waals surface area contributed by atoms with Gasteiger partial charge in [0.05, 0.1) is 5.92 Å². The Labute approximate surface area is 64.7 Å². The first-order chi connectivity index (χ1) is 5.24. The Morgan fingerprint density at radius 1 is 1.64 bits per heavy atom. The van der Waals surface area contributed by atoms with Crippen molar-refractivity contribution in [3.8, 4) is 0 Å². The number of carboxylic acid groups (broad SMARTS) is 1. The number of hydrogen-bond donors (Lipinski definition) is 1. The topological polar surface area (TPSA) is 54.4 Å². The lowest BCUT2D eigenvalue weighted by Crippen LogP contribution is -2.19. The number of carbonyl (C=O) groups is 2. The molecule has 2 unspecified atom stereocenters. The van der Waals surface area contributed by atoms with Crippen LogP contribution in [0.2, 0.25) is 0 Å². The van der Waals surface area contributed by atoms with E-state index in [1.54, 1.807) is 12.2 Å². The maximum atomic E-state index is 10.5. The molecule has 0 spiro atoms. The van der Waals surface area contributed by atoms with E-state index in [1.165, 1.54) is 0 Å². The molecule has 2 atom stereocenters. The van der Waals surface area contributed by atoms with Crippen molar-refractivity contribution in [2.24, 2.45) is 11.8 Å². The van der Waals surface area contributed by atoms with Gasteiger partial charge in [-0.2, -0.15) is 0 Å². The summed E-state index contributed by atoms with van der Waals surface area (Å²) in [4.78, 5) is 20.7. The van der Waals surface area contributed by atoms with Crippen LogP contribution in [0.3, 0.4) is 0 Å². The van der Waals surface area contributed by atoms with E-state index in [2.05, 4.69) is 0 Å². The zero-order chi connectivity index (χ0) is 8.27. The predicted octanol–water partition coefficient (Wildman–Crippen LogP) is 0.852. The number of rotatable bonds is 2. The zero-order valence-electron chi connectivity index (χ0n) is 6.06. The van der Waals surface area contributed by atoms with Crippen molar-refractivity contribution in [3.05, 3.63) is 12.2 Å². The summed E-state index contributed by atoms with van der Waals surface area (Å²) in [6, 6.07) is 0. The molecule has 0 bridgehead atoms. The third-order valence-electron chi connectivity index (χ3n) is 1.88. The molecule has 3 heteroatoms. The highest BCUT2D eigenvalue weighted by Gasteiger charge is 2.22. The third kappa shape index (κ3) is 1.90. The van der Waals surface area contributed by atoms with Gasteiger partial charge < -0.3 is 9.90 Å². The average molecular weight is 154 g/mol. The van der Waals surface area contributed by atoms with Gasteiger partial charge in [-0.1, -0.05) is 12.2 Å². The van der Waals surface area contributed by atoms with Gasteiger partial charge in [-0.3, -0.25) is 4.79 Å². The van der Waals surface area contributed by atoms with E-state index in [0.29, 0.717) is 12.8 Å². The molecule has 0 fully saturated rings. The molecule has 0 heterocycles. The van der Waals surface area contributed by atoms with Gasteiger partial charge in [0.25, 0.3) is 0 Å². The molecular formula is C8H10O3. The lowest BCUT2D eigenvalue weighted by Gasteiger charge is -2.16. The smallest absolute Gasteiger partial charge is 0.306 e. The van der Waals surface area contributed by atoms with E-state index >= 15 is 0 Å². The number of allylic oxidation sites excluding steroid dienone is 2. The highest BCUT2D eigenvalue weighted by atomic mass is 16.4. The highest BCUT2D eigenvalue weighted by Crippen LogP contribution is 2.21. The Morgan fingerprint density at radius 2 is 2.36 bits per heavy atom. The van der Waals surface area contributed by atoms with Gasteiger partial charge in [-0.25, -0.2) is 0 Å². The predicted molar refractivity (Wildman–Crippen MR) is 39.1 cm³/mol. The van der Waals surface area contributed by atoms with Gasteiger partial charge in [0, 0.05) is 5.92 Å². The monoisotopic (exact) mass is 154 g/mol. The van der Waals surface area contributed by atoms with Gasteiger partial charge in [0.15, 0.2) is 0 Å². The van der Waals surface area contributed by atoms with Crippen LogP contribution in [-0.2, 0) is 9.59 Å². The molecule has 0 saturated heterocycles. The molecule has 3 nitrogen and oxygen atoms in total. The number of hydrogen-bond acceptors (Lipinski definition) is 2. The summed E-state index contributed by atoms with van der Waals surface area (Å²) in [6.07, 6.45) is 5.34. The Kier molecular flexibility index (Phi) is 2.41. The third-order valence-corrected chi connectivity index (χ3v) is 1.88. The number of aliphatic carboxylic acids is 1. The fourth-order valence-electron chi connectivity index (χ4n) is 1.22. The van der Waals surface area contributed by atoms with Crippen LogP contribution in [0.1, 0.15) is 12.8 Å². The molecule has 1 aliphatic carbocycles. The lowest BCUT2D eigenvalue weighted by molar-refractivity contribution is -0.142. The molecule has 1 rings (SSSR count). The largest absolute Gasteiger partial charge is 0.481 e. The summed E-state index contributed by atoms with van der Waals surface area (Å²) in [5.74, 6) is -1.36. The summed E-state index contributed by atoms with van der Waals surface area (Å²) >= 11 is 0. The Hall–Kier alpha value is -1.12. The van der Waals surface area contributed by atoms with E-state index in [0.717, 1.165) is 6.29 Å². The van der Waals surface area contributed by atoms with Crippen LogP contribution in [0.15, 0.2) is 12.2 Å². The van der Waals surface area contributed by atoms with Crippen LogP contribution in [-0.4, -0.2) is 17.4 Å². The van der Waals surface area contributed by atoms with E-state index in [1.807, 2.05) is 0 Å². The number of aldehydes is 1. The molecule has 11 heavy (non-hydrogen) atoms. The molecule has 0 aromatic rings. The summed E-state index contributed by atoms with van der Waals surface area (Å²) in [7, 11) is 0. The van der Waals surface area contributed by atoms with Crippen LogP contribution in [0.25, 0.3) is 0 Å². The van der Waals surface area contributed by atoms with Crippen molar-refractivity contribution in [1.82, 2.24) is 0 Å². The Balaban J connectivity index is 2.57. The second-order valence-corrected chi connectivity index (χ2v) is 2.73. The standard InChI is InChI=1S/C8H10O3/c9-5-6-2-1-3-7(4-6)8(10)11/h1-2,5-7H,3-4H2,(H,10,11). The van der Waals surface area contributed by atoms with Gasteiger partial charge >= 0.3 is 5.97 Å². The second-order valence-electron chi connectivity index (χ2n) is 2.73. The van der Waals surface area contributed by atoms with Crippen LogP contribution in [0.5, 0.6) is 0 Å². The zero-order valence-corrected chi connectivity index (χ0v) is 6.06. The van der Waals surface area contributed by atoms with Gasteiger partial charge in [0.1, 0.15) is 6.29 Å². The number of carbonyl (C=O) groups excluding carboxylic acids is 1. The minimum Gasteiger partial charge on any atom is -0.481 e. The molecule has 1 aliphatic rings. The van der Waals surface area contributed by atoms with E-state index in [-0.39, 0.29) is 11.8 Å². The van der Waals surface area contributed by atoms with Crippen LogP contribution < -0.4 is 0 Å². The first-order valence-corrected chi connectivity index (χ1v) is 3.59. The van der Waals surface area contributed by atoms with Gasteiger partial charge in [-0.15, -0.1) is 0 Å². The summed E-state index contributed by atoms with van der Waals surface area (Å²) in [5.41, 5.74) is 0. The first kappa shape index (κ1) is 7.98. The molecule has 1 N–H and O–H groups in total. The normalized spacial score (nSPS) is 29.8. The summed E-state index contributed by atoms with van der Waals surface area (Å²) < 4.78 is 0. The molecule has 0 aromatic heterocycles. The fourth-order valence-corrected chi connectivity index (χ4v) is 1.22. The summed E-state index contributed by atoms with van der Waals surface area (Å²) in [5, 5.41) is 8.60. The van der Waals surface area contributed by atoms with Crippen molar-refractivity contribution in [2.45, 2.75) is 12.8 Å². The minimum absolute atomic E-state index is 0.190. The molecular weight excluding hydrogens is 144 g/mol. The SMILES string of the molecule is O=CC1C=CCC(C(=O)O)C1. The second kappa shape index (κ2) is 3.32. The maximum Gasteiger partial charge on any atom is 0.306 e. The van der Waals surface area contributed by atoms with Crippen molar-refractivity contribution in [1.29, 1.82) is 0 Å². The minimum atomic E-state index is -0.804. The van der Waals surface area contributed by atoms with E-state index in [9.17, 15) is 9.59 Å². The van der Waals surface area contributed by atoms with Crippen molar-refractivity contribution in [3.63, 3.8) is 0 Å². The maximum absolute atomic E-state index is 10.5. The average Bonchev–Trinajstić information content (AvgIpc) is 2.05. The Morgan fingerprint density at radius 3 is 2.91 bits per heavy atom. The molecule has 0 radical (unpaired) electrons. The van der Waals surface area contributed by atoms with Gasteiger partial charge in [0.2, 0.25) is 0 Å². The van der Waals surface area contributed by atoms with E-state index in [4.69, 9.17) is 5.11 Å². The van der Waals surface area contributed by atoms with Crippen molar-refractivity contribution < 1.29 is 14.7 Å². The number of carboxylic acids is 1. The van der Waals surface area contributed by atoms with Crippen LogP contribution in [0, 0.1) is 11.8 Å². The quantitative estimate of drug-likeness (QED) is 0.474. The van der Waals surface area contributed by atoms with Crippen LogP contribution in [0.4, 0.5) is 0 Å². The van der Waals surface area contributed by atoms with Crippen molar-refractivity contribution >= 4 is 12.3 Å². The van der Waals surface area contributed by atoms with Gasteiger partial charge in [-0.05, 0) is 12.8 Å². The molecule has 0 saturated carbocycles. The molecule has 0 aliphatic heterocycles. The van der Waals surface area contributed by atoms with Crippen LogP contribution >= 0.6 is 0 Å². The molecule has 60 valence electrons. The fraction of sp³-hybridized carbons (Fsp3) is 0.500. The van der Waals surface area contributed by atoms with E-state index < -0.39 is 5.97 Å². The highest BCUT2D eigenvalue weighted by molar-refractivity contribution is 5.71.